The largest absolute Gasteiger partial charge is 0.438 e. The number of hydrogen-bond acceptors (Lipinski definition) is 15. The lowest BCUT2D eigenvalue weighted by atomic mass is 9.91. The van der Waals surface area contributed by atoms with Crippen LogP contribution in [0.1, 0.15) is 114 Å². The Balaban J connectivity index is 0.00000198. The van der Waals surface area contributed by atoms with Gasteiger partial charge in [-0.2, -0.15) is 0 Å². The van der Waals surface area contributed by atoms with E-state index in [1.807, 2.05) is 66.2 Å². The fourth-order valence-electron chi connectivity index (χ4n) is 5.87. The van der Waals surface area contributed by atoms with Crippen molar-refractivity contribution in [1.82, 2.24) is 14.9 Å². The van der Waals surface area contributed by atoms with E-state index in [0.717, 1.165) is 36.4 Å². The number of aliphatic imine (C=N–C) groups is 1. The highest BCUT2D eigenvalue weighted by Gasteiger charge is 2.28. The zero-order chi connectivity index (χ0) is 43.1. The molecule has 1 aliphatic rings. The maximum Gasteiger partial charge on any atom is 0.318 e. The first kappa shape index (κ1) is 54.3. The molecule has 2 aromatic heterocycles. The van der Waals surface area contributed by atoms with Gasteiger partial charge in [0.25, 0.3) is 0 Å². The molecule has 0 spiro atoms. The van der Waals surface area contributed by atoms with E-state index in [1.165, 1.54) is 18.3 Å². The molecular weight excluding hydrogens is 765 g/mol. The quantitative estimate of drug-likeness (QED) is 0.0406. The van der Waals surface area contributed by atoms with Crippen molar-refractivity contribution in [3.63, 3.8) is 0 Å². The summed E-state index contributed by atoms with van der Waals surface area (Å²) in [5.41, 5.74) is 8.69. The Hall–Kier alpha value is -3.67. The molecule has 58 heavy (non-hydrogen) atoms. The summed E-state index contributed by atoms with van der Waals surface area (Å²) in [7, 11) is 4.07. The summed E-state index contributed by atoms with van der Waals surface area (Å²) in [5.74, 6) is -2.15. The number of oxime groups is 1. The van der Waals surface area contributed by atoms with E-state index in [9.17, 15) is 19.5 Å². The van der Waals surface area contributed by atoms with Crippen LogP contribution in [0.3, 0.4) is 0 Å². The van der Waals surface area contributed by atoms with E-state index >= 15 is 0 Å². The van der Waals surface area contributed by atoms with Gasteiger partial charge in [0.15, 0.2) is 25.5 Å². The highest BCUT2D eigenvalue weighted by molar-refractivity contribution is 7.13. The molecule has 1 aliphatic heterocycles. The molecule has 5 unspecified atom stereocenters. The number of nitrogens with zero attached hydrogens (tertiary/aromatic N) is 5. The van der Waals surface area contributed by atoms with E-state index in [-0.39, 0.29) is 56.9 Å². The third-order valence-electron chi connectivity index (χ3n) is 9.01. The number of anilines is 1. The number of esters is 1. The van der Waals surface area contributed by atoms with Crippen molar-refractivity contribution >= 4 is 46.2 Å². The molecule has 0 bridgehead atoms. The third kappa shape index (κ3) is 20.3. The van der Waals surface area contributed by atoms with Crippen LogP contribution in [-0.4, -0.2) is 107 Å². The van der Waals surface area contributed by atoms with Crippen molar-refractivity contribution < 1.29 is 43.6 Å². The first-order chi connectivity index (χ1) is 27.1. The second-order valence-corrected chi connectivity index (χ2v) is 15.2. The molecule has 15 nitrogen and oxygen atoms in total. The SMILES string of the molecule is C.CC.CC1CC(N(C)C)CC(O)O1.CCC(=O)N=C(C(C)C)C(C)CCC/C(COC[C@@H](C)C(=O)C(C)C(=O)OCO)=N\OCc1csc(-c2cccc(N)n2)n1. The summed E-state index contributed by atoms with van der Waals surface area (Å²) in [6.07, 6.45) is 3.84. The van der Waals surface area contributed by atoms with Crippen molar-refractivity contribution in [2.75, 3.05) is 39.8 Å². The molecule has 4 N–H and O–H groups in total. The average Bonchev–Trinajstić information content (AvgIpc) is 3.65. The van der Waals surface area contributed by atoms with Gasteiger partial charge >= 0.3 is 5.97 Å². The molecule has 2 aromatic rings. The summed E-state index contributed by atoms with van der Waals surface area (Å²) >= 11 is 1.43. The second-order valence-electron chi connectivity index (χ2n) is 14.4. The lowest BCUT2D eigenvalue weighted by molar-refractivity contribution is -0.172. The van der Waals surface area contributed by atoms with Crippen LogP contribution in [0.15, 0.2) is 33.7 Å². The van der Waals surface area contributed by atoms with Gasteiger partial charge < -0.3 is 39.9 Å². The van der Waals surface area contributed by atoms with Crippen LogP contribution in [0.2, 0.25) is 0 Å². The number of thiazole rings is 1. The van der Waals surface area contributed by atoms with Crippen LogP contribution >= 0.6 is 11.3 Å². The summed E-state index contributed by atoms with van der Waals surface area (Å²) in [6, 6.07) is 5.84. The average molecular weight is 837 g/mol. The molecule has 0 aromatic carbocycles. The third-order valence-corrected chi connectivity index (χ3v) is 9.92. The number of carbonyl (C=O) groups excluding carboxylic acids is 3. The van der Waals surface area contributed by atoms with Crippen molar-refractivity contribution in [3.8, 4) is 10.7 Å². The number of nitrogens with two attached hydrogens (primary N) is 1. The maximum absolute atomic E-state index is 12.6. The fourth-order valence-corrected chi connectivity index (χ4v) is 6.64. The van der Waals surface area contributed by atoms with Gasteiger partial charge in [0, 0.05) is 35.9 Å². The van der Waals surface area contributed by atoms with Crippen LogP contribution in [-0.2, 0) is 40.0 Å². The number of pyridine rings is 1. The van der Waals surface area contributed by atoms with Gasteiger partial charge in [-0.1, -0.05) is 67.1 Å². The molecule has 16 heteroatoms. The van der Waals surface area contributed by atoms with Crippen molar-refractivity contribution in [2.45, 2.75) is 133 Å². The molecule has 1 amide bonds. The normalized spacial score (nSPS) is 18.4. The van der Waals surface area contributed by atoms with Gasteiger partial charge in [-0.25, -0.2) is 15.0 Å². The van der Waals surface area contributed by atoms with Crippen molar-refractivity contribution in [1.29, 1.82) is 0 Å². The summed E-state index contributed by atoms with van der Waals surface area (Å²) in [6.45, 7) is 16.6. The molecule has 0 radical (unpaired) electrons. The van der Waals surface area contributed by atoms with Gasteiger partial charge in [-0.15, -0.1) is 11.3 Å². The number of amides is 1. The molecule has 1 saturated heterocycles. The summed E-state index contributed by atoms with van der Waals surface area (Å²) in [5, 5.41) is 25.0. The van der Waals surface area contributed by atoms with Gasteiger partial charge in [0.1, 0.15) is 22.4 Å². The predicted molar refractivity (Wildman–Crippen MR) is 231 cm³/mol. The number of aliphatic hydroxyl groups excluding tert-OH is 2. The molecule has 330 valence electrons. The molecule has 3 rings (SSSR count). The summed E-state index contributed by atoms with van der Waals surface area (Å²) in [4.78, 5) is 57.4. The number of aliphatic hydroxyl groups is 2. The Morgan fingerprint density at radius 3 is 2.36 bits per heavy atom. The standard InChI is InChI=1S/C31H45N5O7S.C8H17NO2.C2H6.CH4/c1-7-27(38)35-28(19(2)3)20(4)10-8-11-23(15-41-14-21(5)29(39)22(6)31(40)42-18-37)36-43-16-24-17-44-30(33-24)25-12-9-13-26(32)34-25;1-6-4-7(9(2)3)5-8(10)11-6;1-2;/h9,12-13,17,19-22,37H,7-8,10-11,14-16,18H2,1-6H3,(H2,32,34);6-8,10H,4-5H2,1-3H3;1-2H3;1H4/b35-28?,36-23+;;;/t20?,21-,22?;;;/m1.../s1. The van der Waals surface area contributed by atoms with E-state index in [2.05, 4.69) is 36.7 Å². The lowest BCUT2D eigenvalue weighted by Gasteiger charge is -2.34. The number of ketones is 1. The van der Waals surface area contributed by atoms with Crippen LogP contribution in [0, 0.1) is 23.7 Å². The van der Waals surface area contributed by atoms with E-state index < -0.39 is 30.9 Å². The number of ether oxygens (including phenoxy) is 3. The van der Waals surface area contributed by atoms with Crippen LogP contribution < -0.4 is 5.73 Å². The molecule has 1 fully saturated rings. The number of nitrogen functional groups attached to an aromatic ring is 1. The van der Waals surface area contributed by atoms with Gasteiger partial charge in [-0.3, -0.25) is 14.4 Å². The number of aromatic nitrogens is 2. The Morgan fingerprint density at radius 1 is 1.09 bits per heavy atom. The van der Waals surface area contributed by atoms with Gasteiger partial charge in [-0.05, 0) is 77.6 Å². The van der Waals surface area contributed by atoms with Crippen LogP contribution in [0.4, 0.5) is 5.82 Å². The Kier molecular flexibility index (Phi) is 27.7. The highest BCUT2D eigenvalue weighted by Crippen LogP contribution is 2.24. The van der Waals surface area contributed by atoms with Gasteiger partial charge in [0.2, 0.25) is 5.91 Å². The molecule has 3 heterocycles. The number of Topliss-reactive ketones (excluding diaryl/α,β-unsaturated/α-hetero) is 1. The minimum atomic E-state index is -1.01. The maximum atomic E-state index is 12.6. The van der Waals surface area contributed by atoms with Gasteiger partial charge in [0.05, 0.1) is 30.7 Å². The van der Waals surface area contributed by atoms with Crippen molar-refractivity contribution in [2.24, 2.45) is 33.8 Å². The lowest BCUT2D eigenvalue weighted by Crippen LogP contribution is -2.41. The Morgan fingerprint density at radius 2 is 1.78 bits per heavy atom. The van der Waals surface area contributed by atoms with Crippen LogP contribution in [0.25, 0.3) is 10.7 Å². The van der Waals surface area contributed by atoms with E-state index in [4.69, 9.17) is 25.2 Å². The fraction of sp³-hybridized carbons (Fsp3) is 0.690. The minimum Gasteiger partial charge on any atom is -0.438 e. The number of rotatable bonds is 20. The molecule has 0 saturated carbocycles. The number of hydrogen-bond donors (Lipinski definition) is 3. The monoisotopic (exact) mass is 837 g/mol. The number of carbonyl (C=O) groups is 3. The van der Waals surface area contributed by atoms with Crippen molar-refractivity contribution in [3.05, 3.63) is 29.3 Å². The topological polar surface area (TPSA) is 208 Å². The van der Waals surface area contributed by atoms with E-state index in [1.54, 1.807) is 19.9 Å². The Bertz CT molecular complexity index is 1540. The van der Waals surface area contributed by atoms with E-state index in [0.29, 0.717) is 41.8 Å². The first-order valence-corrected chi connectivity index (χ1v) is 20.8. The first-order valence-electron chi connectivity index (χ1n) is 19.9. The molecule has 6 atom stereocenters. The molecular formula is C42H72N6O9S. The zero-order valence-electron chi connectivity index (χ0n) is 35.9. The highest BCUT2D eigenvalue weighted by atomic mass is 32.1. The Labute approximate surface area is 350 Å². The predicted octanol–water partition coefficient (Wildman–Crippen LogP) is 6.95. The minimum absolute atomic E-state index is 0. The second kappa shape index (κ2) is 29.5. The zero-order valence-corrected chi connectivity index (χ0v) is 36.7. The molecule has 0 aliphatic carbocycles. The smallest absolute Gasteiger partial charge is 0.318 e. The van der Waals surface area contributed by atoms with Crippen LogP contribution in [0.5, 0.6) is 0 Å². The summed E-state index contributed by atoms with van der Waals surface area (Å²) < 4.78 is 15.5.